The van der Waals surface area contributed by atoms with E-state index in [0.717, 1.165) is 13.0 Å². The van der Waals surface area contributed by atoms with Crippen LogP contribution < -0.4 is 0 Å². The fraction of sp³-hybridized carbons (Fsp3) is 0.600. The Bertz CT molecular complexity index is 400. The van der Waals surface area contributed by atoms with Crippen LogP contribution in [0.25, 0.3) is 0 Å². The Morgan fingerprint density at radius 1 is 1.44 bits per heavy atom. The van der Waals surface area contributed by atoms with Gasteiger partial charge in [-0.25, -0.2) is 0 Å². The summed E-state index contributed by atoms with van der Waals surface area (Å²) < 4.78 is 11.1. The minimum absolute atomic E-state index is 0.0284. The van der Waals surface area contributed by atoms with Gasteiger partial charge in [0, 0.05) is 13.5 Å². The van der Waals surface area contributed by atoms with E-state index < -0.39 is 11.7 Å². The van der Waals surface area contributed by atoms with Crippen molar-refractivity contribution in [3.63, 3.8) is 0 Å². The van der Waals surface area contributed by atoms with Crippen LogP contribution in [-0.4, -0.2) is 30.5 Å². The van der Waals surface area contributed by atoms with Crippen molar-refractivity contribution in [2.75, 3.05) is 13.7 Å². The van der Waals surface area contributed by atoms with Gasteiger partial charge in [-0.15, -0.1) is 0 Å². The summed E-state index contributed by atoms with van der Waals surface area (Å²) in [7, 11) is 1.62. The molecule has 0 saturated heterocycles. The topological polar surface area (TPSA) is 38.7 Å². The second-order valence-electron chi connectivity index (χ2n) is 5.37. The van der Waals surface area contributed by atoms with Gasteiger partial charge in [0.25, 0.3) is 0 Å². The van der Waals surface area contributed by atoms with Crippen molar-refractivity contribution in [3.8, 4) is 0 Å². The molecule has 0 aromatic heterocycles. The third kappa shape index (κ3) is 2.74. The molecule has 0 aliphatic carbocycles. The van der Waals surface area contributed by atoms with Crippen molar-refractivity contribution in [3.05, 3.63) is 35.4 Å². The van der Waals surface area contributed by atoms with Crippen molar-refractivity contribution >= 4 is 0 Å². The second-order valence-corrected chi connectivity index (χ2v) is 5.37. The number of fused-ring (bicyclic) bond motifs is 1. The van der Waals surface area contributed by atoms with Gasteiger partial charge in [0.1, 0.15) is 0 Å². The molecule has 2 unspecified atom stereocenters. The van der Waals surface area contributed by atoms with E-state index in [2.05, 4.69) is 18.2 Å². The summed E-state index contributed by atoms with van der Waals surface area (Å²) in [6.07, 6.45) is 0.951. The van der Waals surface area contributed by atoms with Crippen LogP contribution in [0.15, 0.2) is 24.3 Å². The SMILES string of the molecule is COC(C)(C)C(O)CC1OCCc2ccccc21. The summed E-state index contributed by atoms with van der Waals surface area (Å²) in [6.45, 7) is 4.51. The Hall–Kier alpha value is -0.900. The number of benzene rings is 1. The van der Waals surface area contributed by atoms with E-state index in [9.17, 15) is 5.11 Å². The first-order valence-corrected chi connectivity index (χ1v) is 6.47. The summed E-state index contributed by atoms with van der Waals surface area (Å²) in [4.78, 5) is 0. The standard InChI is InChI=1S/C15H22O3/c1-15(2,17-3)14(16)10-13-12-7-5-4-6-11(12)8-9-18-13/h4-7,13-14,16H,8-10H2,1-3H3. The van der Waals surface area contributed by atoms with Gasteiger partial charge in [-0.05, 0) is 31.4 Å². The summed E-state index contributed by atoms with van der Waals surface area (Å²) in [6, 6.07) is 8.30. The number of aliphatic hydroxyl groups is 1. The highest BCUT2D eigenvalue weighted by Crippen LogP contribution is 2.32. The summed E-state index contributed by atoms with van der Waals surface area (Å²) in [5.41, 5.74) is 1.99. The molecule has 1 aromatic rings. The average Bonchev–Trinajstić information content (AvgIpc) is 2.39. The third-order valence-corrected chi connectivity index (χ3v) is 3.86. The third-order valence-electron chi connectivity index (χ3n) is 3.86. The summed E-state index contributed by atoms with van der Waals surface area (Å²) in [5, 5.41) is 10.2. The van der Waals surface area contributed by atoms with Gasteiger partial charge < -0.3 is 14.6 Å². The van der Waals surface area contributed by atoms with Crippen molar-refractivity contribution in [2.24, 2.45) is 0 Å². The number of aliphatic hydroxyl groups excluding tert-OH is 1. The van der Waals surface area contributed by atoms with Crippen molar-refractivity contribution in [2.45, 2.75) is 44.5 Å². The molecule has 3 heteroatoms. The Morgan fingerprint density at radius 2 is 2.17 bits per heavy atom. The molecule has 1 heterocycles. The Labute approximate surface area is 109 Å². The lowest BCUT2D eigenvalue weighted by atomic mass is 9.89. The zero-order valence-electron chi connectivity index (χ0n) is 11.3. The highest BCUT2D eigenvalue weighted by molar-refractivity contribution is 5.31. The minimum Gasteiger partial charge on any atom is -0.390 e. The molecule has 0 bridgehead atoms. The molecule has 0 radical (unpaired) electrons. The molecule has 0 fully saturated rings. The van der Waals surface area contributed by atoms with Gasteiger partial charge in [-0.1, -0.05) is 24.3 Å². The molecule has 0 amide bonds. The lowest BCUT2D eigenvalue weighted by molar-refractivity contribution is -0.102. The van der Waals surface area contributed by atoms with E-state index in [1.807, 2.05) is 19.9 Å². The lowest BCUT2D eigenvalue weighted by Crippen LogP contribution is -2.39. The summed E-state index contributed by atoms with van der Waals surface area (Å²) in [5.74, 6) is 0. The number of hydrogen-bond acceptors (Lipinski definition) is 3. The molecular weight excluding hydrogens is 228 g/mol. The first-order valence-electron chi connectivity index (χ1n) is 6.47. The van der Waals surface area contributed by atoms with E-state index in [4.69, 9.17) is 9.47 Å². The van der Waals surface area contributed by atoms with Crippen LogP contribution >= 0.6 is 0 Å². The van der Waals surface area contributed by atoms with Gasteiger partial charge >= 0.3 is 0 Å². The molecule has 1 N–H and O–H groups in total. The molecular formula is C15H22O3. The van der Waals surface area contributed by atoms with Gasteiger partial charge in [-0.3, -0.25) is 0 Å². The van der Waals surface area contributed by atoms with Crippen LogP contribution in [0.5, 0.6) is 0 Å². The van der Waals surface area contributed by atoms with E-state index >= 15 is 0 Å². The zero-order valence-corrected chi connectivity index (χ0v) is 11.3. The number of hydrogen-bond donors (Lipinski definition) is 1. The molecule has 1 aliphatic heterocycles. The van der Waals surface area contributed by atoms with Crippen molar-refractivity contribution in [1.29, 1.82) is 0 Å². The Balaban J connectivity index is 2.12. The molecule has 1 aliphatic rings. The first kappa shape index (κ1) is 13.5. The van der Waals surface area contributed by atoms with E-state index in [-0.39, 0.29) is 6.10 Å². The van der Waals surface area contributed by atoms with Crippen molar-refractivity contribution < 1.29 is 14.6 Å². The predicted octanol–water partition coefficient (Wildman–Crippen LogP) is 2.48. The van der Waals surface area contributed by atoms with E-state index in [0.29, 0.717) is 6.42 Å². The van der Waals surface area contributed by atoms with Crippen LogP contribution in [-0.2, 0) is 15.9 Å². The van der Waals surface area contributed by atoms with E-state index in [1.165, 1.54) is 11.1 Å². The molecule has 2 rings (SSSR count). The van der Waals surface area contributed by atoms with E-state index in [1.54, 1.807) is 7.11 Å². The molecule has 3 nitrogen and oxygen atoms in total. The maximum atomic E-state index is 10.2. The van der Waals surface area contributed by atoms with Crippen LogP contribution in [0, 0.1) is 0 Å². The quantitative estimate of drug-likeness (QED) is 0.892. The largest absolute Gasteiger partial charge is 0.390 e. The highest BCUT2D eigenvalue weighted by Gasteiger charge is 2.32. The maximum absolute atomic E-state index is 10.2. The minimum atomic E-state index is -0.546. The molecule has 18 heavy (non-hydrogen) atoms. The van der Waals surface area contributed by atoms with Crippen LogP contribution in [0.1, 0.15) is 37.5 Å². The van der Waals surface area contributed by atoms with Gasteiger partial charge in [0.2, 0.25) is 0 Å². The number of ether oxygens (including phenoxy) is 2. The van der Waals surface area contributed by atoms with Crippen molar-refractivity contribution in [1.82, 2.24) is 0 Å². The Kier molecular flexibility index (Phi) is 4.05. The second kappa shape index (κ2) is 5.39. The molecule has 1 aromatic carbocycles. The lowest BCUT2D eigenvalue weighted by Gasteiger charge is -2.33. The molecule has 2 atom stereocenters. The average molecular weight is 250 g/mol. The van der Waals surface area contributed by atoms with Crippen LogP contribution in [0.2, 0.25) is 0 Å². The monoisotopic (exact) mass is 250 g/mol. The zero-order chi connectivity index (χ0) is 13.2. The van der Waals surface area contributed by atoms with Gasteiger partial charge in [0.15, 0.2) is 0 Å². The summed E-state index contributed by atoms with van der Waals surface area (Å²) >= 11 is 0. The predicted molar refractivity (Wildman–Crippen MR) is 70.6 cm³/mol. The van der Waals surface area contributed by atoms with Gasteiger partial charge in [0.05, 0.1) is 24.4 Å². The van der Waals surface area contributed by atoms with Crippen LogP contribution in [0.3, 0.4) is 0 Å². The smallest absolute Gasteiger partial charge is 0.0881 e. The number of rotatable bonds is 4. The normalized spacial score (nSPS) is 21.4. The molecule has 0 saturated carbocycles. The number of methoxy groups -OCH3 is 1. The highest BCUT2D eigenvalue weighted by atomic mass is 16.5. The van der Waals surface area contributed by atoms with Gasteiger partial charge in [-0.2, -0.15) is 0 Å². The fourth-order valence-electron chi connectivity index (χ4n) is 2.29. The Morgan fingerprint density at radius 3 is 2.89 bits per heavy atom. The molecule has 0 spiro atoms. The van der Waals surface area contributed by atoms with Crippen LogP contribution in [0.4, 0.5) is 0 Å². The fourth-order valence-corrected chi connectivity index (χ4v) is 2.29. The molecule has 100 valence electrons. The maximum Gasteiger partial charge on any atom is 0.0881 e. The first-order chi connectivity index (χ1) is 8.54.